The lowest BCUT2D eigenvalue weighted by atomic mass is 9.50. The molecule has 2 saturated carbocycles. The maximum Gasteiger partial charge on any atom is 0.259 e. The van der Waals surface area contributed by atoms with Gasteiger partial charge in [-0.15, -0.1) is 0 Å². The van der Waals surface area contributed by atoms with Crippen LogP contribution in [-0.4, -0.2) is 125 Å². The average Bonchev–Trinajstić information content (AvgIpc) is 3.60. The molecular formula is C36H47N3O10. The van der Waals surface area contributed by atoms with Gasteiger partial charge in [-0.25, -0.2) is 0 Å². The molecule has 5 aliphatic rings. The van der Waals surface area contributed by atoms with Crippen LogP contribution in [0.25, 0.3) is 5.76 Å². The summed E-state index contributed by atoms with van der Waals surface area (Å²) in [7, 11) is 3.16. The maximum atomic E-state index is 14.9. The zero-order chi connectivity index (χ0) is 35.2. The molecule has 0 radical (unpaired) electrons. The van der Waals surface area contributed by atoms with Crippen molar-refractivity contribution < 1.29 is 49.1 Å². The van der Waals surface area contributed by atoms with Crippen LogP contribution in [0.15, 0.2) is 35.1 Å². The molecule has 0 aromatic heterocycles. The summed E-state index contributed by atoms with van der Waals surface area (Å²) in [6, 6.07) is 3.45. The highest BCUT2D eigenvalue weighted by molar-refractivity contribution is 6.25. The number of phenolic OH excluding ortho intramolecular Hbond substituents is 1. The van der Waals surface area contributed by atoms with E-state index in [1.165, 1.54) is 11.0 Å². The lowest BCUT2D eigenvalue weighted by Gasteiger charge is -2.55. The Morgan fingerprint density at radius 3 is 2.45 bits per heavy atom. The molecule has 1 aromatic carbocycles. The normalized spacial score (nSPS) is 30.8. The van der Waals surface area contributed by atoms with Crippen LogP contribution in [0.1, 0.15) is 62.5 Å². The number of Topliss-reactive ketones (excluding diaryl/α,β-unsaturated/α-hetero) is 3. The van der Waals surface area contributed by atoms with E-state index < -0.39 is 69.9 Å². The van der Waals surface area contributed by atoms with E-state index in [9.17, 15) is 39.6 Å². The van der Waals surface area contributed by atoms with E-state index in [-0.39, 0.29) is 54.9 Å². The molecule has 1 amide bonds. The van der Waals surface area contributed by atoms with Crippen LogP contribution < -0.4 is 5.32 Å². The van der Waals surface area contributed by atoms with E-state index in [0.717, 1.165) is 25.7 Å². The van der Waals surface area contributed by atoms with Gasteiger partial charge >= 0.3 is 0 Å². The van der Waals surface area contributed by atoms with E-state index in [1.54, 1.807) is 33.2 Å². The van der Waals surface area contributed by atoms with Crippen molar-refractivity contribution in [2.45, 2.75) is 69.1 Å². The number of benzene rings is 1. The van der Waals surface area contributed by atoms with Crippen molar-refractivity contribution in [3.63, 3.8) is 0 Å². The smallest absolute Gasteiger partial charge is 0.259 e. The monoisotopic (exact) mass is 681 g/mol. The van der Waals surface area contributed by atoms with Crippen LogP contribution in [-0.2, 0) is 28.7 Å². The molecule has 1 aliphatic heterocycles. The van der Waals surface area contributed by atoms with Crippen molar-refractivity contribution in [3.8, 4) is 5.75 Å². The summed E-state index contributed by atoms with van der Waals surface area (Å²) in [4.78, 5) is 59.6. The molecule has 3 fully saturated rings. The minimum Gasteiger partial charge on any atom is -0.508 e. The number of hydrogen-bond acceptors (Lipinski definition) is 12. The second-order valence-electron chi connectivity index (χ2n) is 14.1. The third-order valence-corrected chi connectivity index (χ3v) is 11.2. The SMILES string of the molecule is CCC(=O)CC1C2C(=C(O)c3c(O)cccc3C2COC2CCCC2)C(=O)C2(O)C(O)=C(C(=O)NCN3CCOCC3)C(=O)C(N(C)C)C12. The van der Waals surface area contributed by atoms with Crippen molar-refractivity contribution in [1.82, 2.24) is 15.1 Å². The van der Waals surface area contributed by atoms with Gasteiger partial charge in [0, 0.05) is 49.3 Å². The molecule has 0 spiro atoms. The molecule has 49 heavy (non-hydrogen) atoms. The van der Waals surface area contributed by atoms with E-state index in [0.29, 0.717) is 31.9 Å². The van der Waals surface area contributed by atoms with Crippen LogP contribution in [0.5, 0.6) is 5.75 Å². The van der Waals surface area contributed by atoms with Gasteiger partial charge < -0.3 is 35.2 Å². The van der Waals surface area contributed by atoms with Crippen molar-refractivity contribution in [2.75, 3.05) is 53.7 Å². The molecule has 13 nitrogen and oxygen atoms in total. The van der Waals surface area contributed by atoms with Gasteiger partial charge in [0.05, 0.1) is 44.2 Å². The van der Waals surface area contributed by atoms with Crippen molar-refractivity contribution >= 4 is 29.0 Å². The summed E-state index contributed by atoms with van der Waals surface area (Å²) in [6.07, 6.45) is 3.69. The largest absolute Gasteiger partial charge is 0.508 e. The van der Waals surface area contributed by atoms with Gasteiger partial charge in [0.25, 0.3) is 5.91 Å². The summed E-state index contributed by atoms with van der Waals surface area (Å²) in [5.74, 6) is -8.94. The first-order chi connectivity index (χ1) is 23.4. The molecule has 13 heteroatoms. The quantitative estimate of drug-likeness (QED) is 0.227. The fraction of sp³-hybridized carbons (Fsp3) is 0.611. The average molecular weight is 682 g/mol. The minimum absolute atomic E-state index is 0.00716. The predicted molar refractivity (Wildman–Crippen MR) is 176 cm³/mol. The molecule has 6 atom stereocenters. The number of amides is 1. The number of aliphatic hydroxyl groups is 3. The molecule has 1 aromatic rings. The number of hydrogen-bond donors (Lipinski definition) is 5. The van der Waals surface area contributed by atoms with Gasteiger partial charge in [0.1, 0.15) is 28.6 Å². The Hall–Kier alpha value is -3.62. The molecule has 6 rings (SSSR count). The lowest BCUT2D eigenvalue weighted by molar-refractivity contribution is -0.163. The number of carbonyl (C=O) groups is 4. The van der Waals surface area contributed by atoms with Gasteiger partial charge in [-0.1, -0.05) is 31.9 Å². The molecule has 0 bridgehead atoms. The number of fused-ring (bicyclic) bond motifs is 3. The highest BCUT2D eigenvalue weighted by Gasteiger charge is 2.68. The number of aliphatic hydroxyl groups excluding tert-OH is 2. The van der Waals surface area contributed by atoms with Crippen LogP contribution in [0.4, 0.5) is 0 Å². The zero-order valence-corrected chi connectivity index (χ0v) is 28.3. The fourth-order valence-corrected chi connectivity index (χ4v) is 8.77. The maximum absolute atomic E-state index is 14.9. The molecule has 4 aliphatic carbocycles. The number of ketones is 3. The van der Waals surface area contributed by atoms with Crippen molar-refractivity contribution in [2.24, 2.45) is 17.8 Å². The second kappa shape index (κ2) is 13.9. The van der Waals surface area contributed by atoms with E-state index in [2.05, 4.69) is 5.32 Å². The predicted octanol–water partition coefficient (Wildman–Crippen LogP) is 1.98. The van der Waals surface area contributed by atoms with Gasteiger partial charge in [-0.3, -0.25) is 29.0 Å². The molecule has 6 unspecified atom stereocenters. The van der Waals surface area contributed by atoms with Crippen molar-refractivity contribution in [3.05, 3.63) is 46.2 Å². The van der Waals surface area contributed by atoms with E-state index in [4.69, 9.17) is 9.47 Å². The number of aromatic hydroxyl groups is 1. The highest BCUT2D eigenvalue weighted by atomic mass is 16.5. The van der Waals surface area contributed by atoms with Crippen LogP contribution in [0.2, 0.25) is 0 Å². The van der Waals surface area contributed by atoms with E-state index >= 15 is 0 Å². The number of nitrogens with zero attached hydrogens (tertiary/aromatic N) is 2. The van der Waals surface area contributed by atoms with Crippen LogP contribution in [0.3, 0.4) is 0 Å². The van der Waals surface area contributed by atoms with Gasteiger partial charge in [-0.05, 0) is 44.5 Å². The molecule has 5 N–H and O–H groups in total. The topological polar surface area (TPSA) is 186 Å². The molecule has 1 heterocycles. The highest BCUT2D eigenvalue weighted by Crippen LogP contribution is 2.59. The fourth-order valence-electron chi connectivity index (χ4n) is 8.77. The Balaban J connectivity index is 1.52. The lowest BCUT2D eigenvalue weighted by Crippen LogP contribution is -2.69. The van der Waals surface area contributed by atoms with Crippen molar-refractivity contribution in [1.29, 1.82) is 0 Å². The van der Waals surface area contributed by atoms with Gasteiger partial charge in [0.15, 0.2) is 11.4 Å². The van der Waals surface area contributed by atoms with E-state index in [1.807, 2.05) is 4.90 Å². The Labute approximate surface area is 285 Å². The summed E-state index contributed by atoms with van der Waals surface area (Å²) in [6.45, 7) is 3.81. The number of carbonyl (C=O) groups excluding carboxylic acids is 4. The standard InChI is InChI=1S/C36H47N3O10/c1-4-19(40)16-22-25-23(17-49-20-8-5-6-9-20)21-10-7-11-24(41)26(21)31(42)27(25)33(44)36(47)29(22)30(38(2)3)32(43)28(34(36)45)35(46)37-18-39-12-14-48-15-13-39/h7,10-11,20,22-23,25,29-30,41-42,45,47H,4-6,8-9,12-18H2,1-3H3,(H,37,46). The van der Waals surface area contributed by atoms with Crippen LogP contribution in [0, 0.1) is 17.8 Å². The number of phenols is 1. The first-order valence-electron chi connectivity index (χ1n) is 17.3. The summed E-state index contributed by atoms with van der Waals surface area (Å²) >= 11 is 0. The Morgan fingerprint density at radius 1 is 1.10 bits per heavy atom. The Kier molecular flexibility index (Phi) is 10.0. The number of rotatable bonds is 10. The van der Waals surface area contributed by atoms with Crippen LogP contribution >= 0.6 is 0 Å². The number of morpholine rings is 1. The second-order valence-corrected chi connectivity index (χ2v) is 14.1. The third-order valence-electron chi connectivity index (χ3n) is 11.2. The summed E-state index contributed by atoms with van der Waals surface area (Å²) in [5, 5.41) is 49.9. The van der Waals surface area contributed by atoms with Gasteiger partial charge in [0.2, 0.25) is 5.78 Å². The van der Waals surface area contributed by atoms with Gasteiger partial charge in [-0.2, -0.15) is 0 Å². The number of likely N-dealkylation sites (N-methyl/N-ethyl adjacent to an activating group) is 1. The minimum atomic E-state index is -2.86. The number of ether oxygens (including phenoxy) is 2. The Morgan fingerprint density at radius 2 is 1.80 bits per heavy atom. The summed E-state index contributed by atoms with van der Waals surface area (Å²) in [5.41, 5.74) is -3.35. The molecule has 1 saturated heterocycles. The third kappa shape index (κ3) is 5.99. The molecular weight excluding hydrogens is 634 g/mol. The zero-order valence-electron chi connectivity index (χ0n) is 28.3. The first kappa shape index (κ1) is 35.2. The Bertz CT molecular complexity index is 1570. The number of nitrogens with one attached hydrogen (secondary N) is 1. The first-order valence-corrected chi connectivity index (χ1v) is 17.3. The summed E-state index contributed by atoms with van der Waals surface area (Å²) < 4.78 is 11.7. The molecule has 266 valence electrons.